The number of halogens is 1. The standard InChI is InChI=1S/C16H20ClN5O/c1-4-10-7-6-8-11(5-2)13(10)20-15(23)12-9-19-16(17)21-14(12)22(3)18/h6-9H,4-5,18H2,1-3H3,(H,20,23). The molecule has 0 atom stereocenters. The molecule has 0 spiro atoms. The second-order valence-electron chi connectivity index (χ2n) is 5.10. The maximum atomic E-state index is 12.7. The Balaban J connectivity index is 2.41. The van der Waals surface area contributed by atoms with E-state index in [0.717, 1.165) is 29.7 Å². The van der Waals surface area contributed by atoms with Gasteiger partial charge < -0.3 is 5.32 Å². The molecule has 6 nitrogen and oxygen atoms in total. The van der Waals surface area contributed by atoms with Crippen LogP contribution in [0.1, 0.15) is 35.3 Å². The molecule has 0 aliphatic heterocycles. The summed E-state index contributed by atoms with van der Waals surface area (Å²) in [7, 11) is 1.59. The molecule has 1 aromatic carbocycles. The average molecular weight is 334 g/mol. The van der Waals surface area contributed by atoms with E-state index in [1.807, 2.05) is 18.2 Å². The number of hydrazine groups is 1. The van der Waals surface area contributed by atoms with E-state index in [4.69, 9.17) is 17.4 Å². The number of anilines is 2. The summed E-state index contributed by atoms with van der Waals surface area (Å²) in [5.41, 5.74) is 3.26. The van der Waals surface area contributed by atoms with Crippen LogP contribution in [-0.2, 0) is 12.8 Å². The SMILES string of the molecule is CCc1cccc(CC)c1NC(=O)c1cnc(Cl)nc1N(C)N. The summed E-state index contributed by atoms with van der Waals surface area (Å²) in [5, 5.41) is 4.25. The van der Waals surface area contributed by atoms with Gasteiger partial charge in [-0.3, -0.25) is 9.80 Å². The lowest BCUT2D eigenvalue weighted by Crippen LogP contribution is -2.29. The number of nitrogens with zero attached hydrogens (tertiary/aromatic N) is 3. The summed E-state index contributed by atoms with van der Waals surface area (Å²) < 4.78 is 0. The van der Waals surface area contributed by atoms with E-state index in [1.54, 1.807) is 7.05 Å². The van der Waals surface area contributed by atoms with E-state index in [2.05, 4.69) is 29.1 Å². The van der Waals surface area contributed by atoms with Gasteiger partial charge in [-0.25, -0.2) is 10.8 Å². The van der Waals surface area contributed by atoms with Crippen LogP contribution in [0.15, 0.2) is 24.4 Å². The number of rotatable bonds is 5. The molecule has 0 radical (unpaired) electrons. The Hall–Kier alpha value is -2.18. The first kappa shape index (κ1) is 17.2. The molecule has 0 unspecified atom stereocenters. The maximum Gasteiger partial charge on any atom is 0.261 e. The second-order valence-corrected chi connectivity index (χ2v) is 5.44. The zero-order valence-corrected chi connectivity index (χ0v) is 14.2. The monoisotopic (exact) mass is 333 g/mol. The minimum Gasteiger partial charge on any atom is -0.321 e. The molecule has 1 amide bonds. The number of hydrogen-bond acceptors (Lipinski definition) is 5. The van der Waals surface area contributed by atoms with Crippen molar-refractivity contribution in [1.29, 1.82) is 0 Å². The zero-order chi connectivity index (χ0) is 17.0. The smallest absolute Gasteiger partial charge is 0.261 e. The molecule has 2 rings (SSSR count). The molecule has 0 aliphatic carbocycles. The fourth-order valence-electron chi connectivity index (χ4n) is 2.37. The van der Waals surface area contributed by atoms with Crippen LogP contribution in [0.4, 0.5) is 11.5 Å². The Bertz CT molecular complexity index is 695. The fourth-order valence-corrected chi connectivity index (χ4v) is 2.49. The Kier molecular flexibility index (Phi) is 5.52. The largest absolute Gasteiger partial charge is 0.321 e. The van der Waals surface area contributed by atoms with E-state index < -0.39 is 0 Å². The highest BCUT2D eigenvalue weighted by Gasteiger charge is 2.18. The van der Waals surface area contributed by atoms with Gasteiger partial charge in [-0.2, -0.15) is 4.98 Å². The van der Waals surface area contributed by atoms with Crippen LogP contribution in [0.2, 0.25) is 5.28 Å². The first-order valence-corrected chi connectivity index (χ1v) is 7.78. The lowest BCUT2D eigenvalue weighted by molar-refractivity contribution is 0.102. The number of hydrogen-bond donors (Lipinski definition) is 2. The molecular weight excluding hydrogens is 314 g/mol. The second kappa shape index (κ2) is 7.39. The van der Waals surface area contributed by atoms with Crippen LogP contribution in [0.5, 0.6) is 0 Å². The number of carbonyl (C=O) groups is 1. The van der Waals surface area contributed by atoms with E-state index in [-0.39, 0.29) is 22.6 Å². The summed E-state index contributed by atoms with van der Waals surface area (Å²) in [5.74, 6) is 5.69. The quantitative estimate of drug-likeness (QED) is 0.499. The minimum atomic E-state index is -0.315. The Morgan fingerprint density at radius 1 is 1.30 bits per heavy atom. The molecule has 7 heteroatoms. The lowest BCUT2D eigenvalue weighted by atomic mass is 10.0. The van der Waals surface area contributed by atoms with E-state index >= 15 is 0 Å². The van der Waals surface area contributed by atoms with E-state index in [1.165, 1.54) is 11.2 Å². The number of amides is 1. The summed E-state index contributed by atoms with van der Waals surface area (Å²) in [6, 6.07) is 6.00. The van der Waals surface area contributed by atoms with Gasteiger partial charge in [0.15, 0.2) is 5.82 Å². The Labute approximate surface area is 140 Å². The van der Waals surface area contributed by atoms with Gasteiger partial charge in [0.05, 0.1) is 0 Å². The van der Waals surface area contributed by atoms with Crippen molar-refractivity contribution in [2.75, 3.05) is 17.4 Å². The van der Waals surface area contributed by atoms with E-state index in [9.17, 15) is 4.79 Å². The van der Waals surface area contributed by atoms with Crippen LogP contribution in [0, 0.1) is 0 Å². The van der Waals surface area contributed by atoms with Crippen molar-refractivity contribution in [1.82, 2.24) is 9.97 Å². The summed E-state index contributed by atoms with van der Waals surface area (Å²) in [6.45, 7) is 4.10. The van der Waals surface area contributed by atoms with Gasteiger partial charge in [-0.15, -0.1) is 0 Å². The summed E-state index contributed by atoms with van der Waals surface area (Å²) >= 11 is 5.78. The molecule has 0 saturated heterocycles. The zero-order valence-electron chi connectivity index (χ0n) is 13.4. The van der Waals surface area contributed by atoms with Crippen molar-refractivity contribution in [2.45, 2.75) is 26.7 Å². The molecule has 2 aromatic rings. The van der Waals surface area contributed by atoms with Crippen molar-refractivity contribution in [3.8, 4) is 0 Å². The number of nitrogens with one attached hydrogen (secondary N) is 1. The Morgan fingerprint density at radius 2 is 1.91 bits per heavy atom. The number of para-hydroxylation sites is 1. The van der Waals surface area contributed by atoms with Gasteiger partial charge in [-0.1, -0.05) is 32.0 Å². The highest BCUT2D eigenvalue weighted by Crippen LogP contribution is 2.24. The van der Waals surface area contributed by atoms with Crippen molar-refractivity contribution >= 4 is 29.0 Å². The van der Waals surface area contributed by atoms with Crippen LogP contribution < -0.4 is 16.2 Å². The molecule has 0 aliphatic rings. The molecule has 122 valence electrons. The molecule has 3 N–H and O–H groups in total. The third kappa shape index (κ3) is 3.78. The number of benzene rings is 1. The van der Waals surface area contributed by atoms with E-state index in [0.29, 0.717) is 0 Å². The van der Waals surface area contributed by atoms with Gasteiger partial charge >= 0.3 is 0 Å². The molecule has 0 saturated carbocycles. The fraction of sp³-hybridized carbons (Fsp3) is 0.312. The molecule has 0 fully saturated rings. The number of aryl methyl sites for hydroxylation is 2. The van der Waals surface area contributed by atoms with Crippen LogP contribution >= 0.6 is 11.6 Å². The topological polar surface area (TPSA) is 84.1 Å². The van der Waals surface area contributed by atoms with Crippen molar-refractivity contribution in [2.24, 2.45) is 5.84 Å². The van der Waals surface area contributed by atoms with Gasteiger partial charge in [0.2, 0.25) is 5.28 Å². The van der Waals surface area contributed by atoms with Gasteiger partial charge in [0.1, 0.15) is 5.56 Å². The Morgan fingerprint density at radius 3 is 2.43 bits per heavy atom. The molecule has 1 heterocycles. The third-order valence-electron chi connectivity index (χ3n) is 3.56. The normalized spacial score (nSPS) is 10.5. The highest BCUT2D eigenvalue weighted by atomic mass is 35.5. The first-order chi connectivity index (χ1) is 11.0. The molecular formula is C16H20ClN5O. The molecule has 1 aromatic heterocycles. The lowest BCUT2D eigenvalue weighted by Gasteiger charge is -2.17. The number of aromatic nitrogens is 2. The van der Waals surface area contributed by atoms with Crippen molar-refractivity contribution in [3.63, 3.8) is 0 Å². The summed E-state index contributed by atoms with van der Waals surface area (Å²) in [4.78, 5) is 20.6. The maximum absolute atomic E-state index is 12.7. The van der Waals surface area contributed by atoms with Gasteiger partial charge in [0, 0.05) is 18.9 Å². The average Bonchev–Trinajstić information content (AvgIpc) is 2.54. The molecule has 23 heavy (non-hydrogen) atoms. The number of carbonyl (C=O) groups excluding carboxylic acids is 1. The first-order valence-electron chi connectivity index (χ1n) is 7.41. The highest BCUT2D eigenvalue weighted by molar-refractivity contribution is 6.28. The summed E-state index contributed by atoms with van der Waals surface area (Å²) in [6.07, 6.45) is 3.03. The minimum absolute atomic E-state index is 0.0389. The third-order valence-corrected chi connectivity index (χ3v) is 3.74. The van der Waals surface area contributed by atoms with Crippen molar-refractivity contribution < 1.29 is 4.79 Å². The van der Waals surface area contributed by atoms with Gasteiger partial charge in [0.25, 0.3) is 5.91 Å². The number of nitrogens with two attached hydrogens (primary N) is 1. The van der Waals surface area contributed by atoms with Crippen LogP contribution in [0.25, 0.3) is 0 Å². The predicted octanol–water partition coefficient (Wildman–Crippen LogP) is 2.82. The van der Waals surface area contributed by atoms with Crippen LogP contribution in [0.3, 0.4) is 0 Å². The predicted molar refractivity (Wildman–Crippen MR) is 92.8 cm³/mol. The van der Waals surface area contributed by atoms with Crippen molar-refractivity contribution in [3.05, 3.63) is 46.4 Å². The van der Waals surface area contributed by atoms with Crippen LogP contribution in [-0.4, -0.2) is 22.9 Å². The molecule has 0 bridgehead atoms. The van der Waals surface area contributed by atoms with Gasteiger partial charge in [-0.05, 0) is 35.6 Å².